The first-order valence-electron chi connectivity index (χ1n) is 9.01. The van der Waals surface area contributed by atoms with E-state index in [-0.39, 0.29) is 24.1 Å². The van der Waals surface area contributed by atoms with E-state index in [1.54, 1.807) is 13.2 Å². The molecule has 0 unspecified atom stereocenters. The van der Waals surface area contributed by atoms with Crippen LogP contribution in [0, 0.1) is 0 Å². The van der Waals surface area contributed by atoms with Crippen molar-refractivity contribution in [3.8, 4) is 0 Å². The summed E-state index contributed by atoms with van der Waals surface area (Å²) in [4.78, 5) is 58.8. The first-order valence-corrected chi connectivity index (χ1v) is 9.01. The minimum absolute atomic E-state index is 0.0973. The van der Waals surface area contributed by atoms with Crippen LogP contribution < -0.4 is 11.1 Å². The number of H-pyrrole nitrogens is 1. The number of hydrogen-bond donors (Lipinski definition) is 3. The third-order valence-electron chi connectivity index (χ3n) is 5.25. The highest BCUT2D eigenvalue weighted by Crippen LogP contribution is 2.20. The van der Waals surface area contributed by atoms with Crippen molar-refractivity contribution in [3.05, 3.63) is 18.2 Å². The van der Waals surface area contributed by atoms with Crippen molar-refractivity contribution in [1.82, 2.24) is 25.1 Å². The van der Waals surface area contributed by atoms with Gasteiger partial charge in [-0.1, -0.05) is 0 Å². The number of hydrogen-bond acceptors (Lipinski definition) is 5. The molecule has 2 fully saturated rings. The third-order valence-corrected chi connectivity index (χ3v) is 5.25. The maximum absolute atomic E-state index is 13.1. The lowest BCUT2D eigenvalue weighted by Gasteiger charge is -2.29. The zero-order valence-corrected chi connectivity index (χ0v) is 15.2. The maximum atomic E-state index is 13.1. The van der Waals surface area contributed by atoms with Crippen molar-refractivity contribution in [2.45, 2.75) is 50.2 Å². The summed E-state index contributed by atoms with van der Waals surface area (Å²) in [6, 6.07) is -2.13. The zero-order chi connectivity index (χ0) is 19.6. The summed E-state index contributed by atoms with van der Waals surface area (Å²) in [6.45, 7) is 0.420. The van der Waals surface area contributed by atoms with E-state index in [0.717, 1.165) is 0 Å². The Morgan fingerprint density at radius 3 is 2.74 bits per heavy atom. The Labute approximate surface area is 156 Å². The molecule has 4 amide bonds. The Morgan fingerprint density at radius 1 is 1.37 bits per heavy atom. The molecule has 2 aliphatic heterocycles. The van der Waals surface area contributed by atoms with E-state index in [2.05, 4.69) is 15.3 Å². The Kier molecular flexibility index (Phi) is 5.43. The number of aromatic nitrogens is 2. The average Bonchev–Trinajstić information content (AvgIpc) is 3.36. The van der Waals surface area contributed by atoms with Gasteiger partial charge in [0.2, 0.25) is 23.6 Å². The number of nitrogens with one attached hydrogen (secondary N) is 2. The van der Waals surface area contributed by atoms with Gasteiger partial charge in [-0.3, -0.25) is 19.2 Å². The SMILES string of the molecule is CN1C(=O)CC[C@H]1C(=O)N[C@@H](Cc1cnc[nH]1)C(=O)N1CCC[C@H]1C(N)=O. The molecule has 3 heterocycles. The molecule has 2 aliphatic rings. The fourth-order valence-electron chi connectivity index (χ4n) is 3.72. The largest absolute Gasteiger partial charge is 0.368 e. The molecule has 0 saturated carbocycles. The van der Waals surface area contributed by atoms with Crippen LogP contribution in [0.3, 0.4) is 0 Å². The molecule has 3 rings (SSSR count). The van der Waals surface area contributed by atoms with Gasteiger partial charge < -0.3 is 25.8 Å². The molecule has 0 spiro atoms. The van der Waals surface area contributed by atoms with Crippen molar-refractivity contribution in [1.29, 1.82) is 0 Å². The normalized spacial score (nSPS) is 23.5. The van der Waals surface area contributed by atoms with E-state index >= 15 is 0 Å². The van der Waals surface area contributed by atoms with Gasteiger partial charge in [0.1, 0.15) is 18.1 Å². The van der Waals surface area contributed by atoms with E-state index in [1.807, 2.05) is 0 Å². The van der Waals surface area contributed by atoms with Gasteiger partial charge in [-0.2, -0.15) is 0 Å². The number of aromatic amines is 1. The van der Waals surface area contributed by atoms with Crippen LogP contribution in [0.25, 0.3) is 0 Å². The number of likely N-dealkylation sites (tertiary alicyclic amines) is 2. The molecule has 0 aromatic carbocycles. The molecular weight excluding hydrogens is 352 g/mol. The lowest BCUT2D eigenvalue weighted by molar-refractivity contribution is -0.141. The molecule has 1 aromatic heterocycles. The van der Waals surface area contributed by atoms with Gasteiger partial charge in [0, 0.05) is 38.3 Å². The van der Waals surface area contributed by atoms with E-state index in [9.17, 15) is 19.2 Å². The van der Waals surface area contributed by atoms with E-state index in [4.69, 9.17) is 5.73 Å². The summed E-state index contributed by atoms with van der Waals surface area (Å²) in [6.07, 6.45) is 5.20. The smallest absolute Gasteiger partial charge is 0.246 e. The van der Waals surface area contributed by atoms with Gasteiger partial charge >= 0.3 is 0 Å². The van der Waals surface area contributed by atoms with Crippen molar-refractivity contribution in [2.75, 3.05) is 13.6 Å². The molecule has 2 saturated heterocycles. The number of carbonyl (C=O) groups is 4. The third kappa shape index (κ3) is 3.93. The Balaban J connectivity index is 1.76. The maximum Gasteiger partial charge on any atom is 0.246 e. The van der Waals surface area contributed by atoms with Gasteiger partial charge in [-0.25, -0.2) is 4.98 Å². The summed E-state index contributed by atoms with van der Waals surface area (Å²) in [5, 5.41) is 2.76. The summed E-state index contributed by atoms with van der Waals surface area (Å²) < 4.78 is 0. The number of primary amides is 1. The Morgan fingerprint density at radius 2 is 2.15 bits per heavy atom. The molecule has 10 heteroatoms. The van der Waals surface area contributed by atoms with Gasteiger partial charge in [0.15, 0.2) is 0 Å². The highest BCUT2D eigenvalue weighted by molar-refractivity contribution is 5.95. The van der Waals surface area contributed by atoms with Gasteiger partial charge in [-0.15, -0.1) is 0 Å². The molecule has 27 heavy (non-hydrogen) atoms. The van der Waals surface area contributed by atoms with Crippen molar-refractivity contribution in [3.63, 3.8) is 0 Å². The van der Waals surface area contributed by atoms with Crippen LogP contribution in [0.2, 0.25) is 0 Å². The van der Waals surface area contributed by atoms with Gasteiger partial charge in [0.05, 0.1) is 6.33 Å². The minimum Gasteiger partial charge on any atom is -0.368 e. The first-order chi connectivity index (χ1) is 12.9. The fraction of sp³-hybridized carbons (Fsp3) is 0.588. The number of rotatable bonds is 6. The standard InChI is InChI=1S/C17H24N6O4/c1-22-13(4-5-14(22)24)16(26)21-11(7-10-8-19-9-20-10)17(27)23-6-2-3-12(23)15(18)25/h8-9,11-13H,2-7H2,1H3,(H2,18,25)(H,19,20)(H,21,26)/t11-,12-,13-/m0/s1. The topological polar surface area (TPSA) is 141 Å². The summed E-state index contributed by atoms with van der Waals surface area (Å²) in [5.41, 5.74) is 6.10. The number of nitrogens with two attached hydrogens (primary N) is 1. The molecule has 10 nitrogen and oxygen atoms in total. The zero-order valence-electron chi connectivity index (χ0n) is 15.2. The van der Waals surface area contributed by atoms with E-state index in [1.165, 1.54) is 16.1 Å². The quantitative estimate of drug-likeness (QED) is 0.556. The van der Waals surface area contributed by atoms with Crippen LogP contribution >= 0.6 is 0 Å². The molecule has 0 aliphatic carbocycles. The lowest BCUT2D eigenvalue weighted by atomic mass is 10.1. The summed E-state index contributed by atoms with van der Waals surface area (Å²) >= 11 is 0. The first kappa shape index (κ1) is 18.9. The predicted molar refractivity (Wildman–Crippen MR) is 93.9 cm³/mol. The second-order valence-electron chi connectivity index (χ2n) is 6.99. The molecule has 146 valence electrons. The Hall–Kier alpha value is -2.91. The minimum atomic E-state index is -0.873. The summed E-state index contributed by atoms with van der Waals surface area (Å²) in [7, 11) is 1.58. The number of carbonyl (C=O) groups excluding carboxylic acids is 4. The molecular formula is C17H24N6O4. The molecule has 3 atom stereocenters. The number of likely N-dealkylation sites (N-methyl/N-ethyl adjacent to an activating group) is 1. The monoisotopic (exact) mass is 376 g/mol. The van der Waals surface area contributed by atoms with Crippen LogP contribution in [-0.2, 0) is 25.6 Å². The van der Waals surface area contributed by atoms with Gasteiger partial charge in [0.25, 0.3) is 0 Å². The average molecular weight is 376 g/mol. The van der Waals surface area contributed by atoms with Crippen LogP contribution in [0.15, 0.2) is 12.5 Å². The van der Waals surface area contributed by atoms with Crippen LogP contribution in [0.5, 0.6) is 0 Å². The fourth-order valence-corrected chi connectivity index (χ4v) is 3.72. The molecule has 0 radical (unpaired) electrons. The molecule has 0 bridgehead atoms. The number of imidazole rings is 1. The highest BCUT2D eigenvalue weighted by Gasteiger charge is 2.39. The van der Waals surface area contributed by atoms with E-state index in [0.29, 0.717) is 37.9 Å². The van der Waals surface area contributed by atoms with Crippen LogP contribution in [0.1, 0.15) is 31.4 Å². The highest BCUT2D eigenvalue weighted by atomic mass is 16.2. The van der Waals surface area contributed by atoms with E-state index < -0.39 is 24.0 Å². The molecule has 4 N–H and O–H groups in total. The van der Waals surface area contributed by atoms with Crippen molar-refractivity contribution < 1.29 is 19.2 Å². The van der Waals surface area contributed by atoms with Crippen LogP contribution in [0.4, 0.5) is 0 Å². The predicted octanol–water partition coefficient (Wildman–Crippen LogP) is -1.47. The Bertz CT molecular complexity index is 734. The number of amides is 4. The summed E-state index contributed by atoms with van der Waals surface area (Å²) in [5.74, 6) is -1.38. The molecule has 1 aromatic rings. The second-order valence-corrected chi connectivity index (χ2v) is 6.99. The second kappa shape index (κ2) is 7.77. The number of nitrogens with zero attached hydrogens (tertiary/aromatic N) is 3. The van der Waals surface area contributed by atoms with Crippen molar-refractivity contribution >= 4 is 23.6 Å². The lowest BCUT2D eigenvalue weighted by Crippen LogP contribution is -2.56. The van der Waals surface area contributed by atoms with Crippen molar-refractivity contribution in [2.24, 2.45) is 5.73 Å². The van der Waals surface area contributed by atoms with Crippen LogP contribution in [-0.4, -0.2) is 75.1 Å². The van der Waals surface area contributed by atoms with Gasteiger partial charge in [-0.05, 0) is 19.3 Å².